The number of rotatable bonds is 5. The molecule has 0 unspecified atom stereocenters. The first-order valence-corrected chi connectivity index (χ1v) is 11.3. The summed E-state index contributed by atoms with van der Waals surface area (Å²) in [5, 5.41) is 5.87. The van der Waals surface area contributed by atoms with E-state index in [2.05, 4.69) is 27.2 Å². The number of urea groups is 1. The lowest BCUT2D eigenvalue weighted by Gasteiger charge is -2.33. The fraction of sp³-hybridized carbons (Fsp3) is 0.333. The van der Waals surface area contributed by atoms with E-state index in [1.807, 2.05) is 11.0 Å². The molecule has 0 bridgehead atoms. The maximum atomic E-state index is 13.1. The summed E-state index contributed by atoms with van der Waals surface area (Å²) in [6.45, 7) is 6.34. The molecule has 5 rings (SSSR count). The Bertz CT molecular complexity index is 1280. The van der Waals surface area contributed by atoms with E-state index >= 15 is 0 Å². The van der Waals surface area contributed by atoms with Gasteiger partial charge in [-0.3, -0.25) is 9.36 Å². The molecule has 2 aromatic heterocycles. The molecule has 176 valence electrons. The van der Waals surface area contributed by atoms with Crippen LogP contribution >= 0.6 is 0 Å². The lowest BCUT2D eigenvalue weighted by atomic mass is 10.1. The van der Waals surface area contributed by atoms with Crippen molar-refractivity contribution < 1.29 is 14.3 Å². The van der Waals surface area contributed by atoms with Crippen molar-refractivity contribution in [3.05, 3.63) is 59.5 Å². The van der Waals surface area contributed by atoms with Crippen molar-refractivity contribution in [2.24, 2.45) is 0 Å². The van der Waals surface area contributed by atoms with Gasteiger partial charge in [0.2, 0.25) is 0 Å². The second-order valence-corrected chi connectivity index (χ2v) is 8.20. The molecule has 0 saturated carbocycles. The highest BCUT2D eigenvalue weighted by atomic mass is 16.6. The van der Waals surface area contributed by atoms with Gasteiger partial charge in [0.25, 0.3) is 5.56 Å². The number of hydrogen-bond donors (Lipinski definition) is 2. The van der Waals surface area contributed by atoms with E-state index in [0.717, 1.165) is 0 Å². The lowest BCUT2D eigenvalue weighted by Crippen LogP contribution is -2.47. The summed E-state index contributed by atoms with van der Waals surface area (Å²) in [7, 11) is 0. The minimum absolute atomic E-state index is 0.00835. The Hall–Kier alpha value is -4.08. The zero-order chi connectivity index (χ0) is 23.5. The van der Waals surface area contributed by atoms with Crippen LogP contribution in [0.1, 0.15) is 12.8 Å². The Balaban J connectivity index is 1.22. The third-order valence-electron chi connectivity index (χ3n) is 5.93. The number of amides is 2. The number of aromatic nitrogens is 3. The predicted octanol–water partition coefficient (Wildman–Crippen LogP) is 2.54. The summed E-state index contributed by atoms with van der Waals surface area (Å²) in [5.41, 5.74) is 1.66. The normalized spacial score (nSPS) is 15.7. The van der Waals surface area contributed by atoms with Crippen molar-refractivity contribution in [3.8, 4) is 11.5 Å². The molecule has 4 heterocycles. The maximum Gasteiger partial charge on any atom is 0.319 e. The first kappa shape index (κ1) is 21.7. The molecule has 1 fully saturated rings. The summed E-state index contributed by atoms with van der Waals surface area (Å²) in [4.78, 5) is 36.5. The van der Waals surface area contributed by atoms with Gasteiger partial charge in [-0.1, -0.05) is 6.08 Å². The van der Waals surface area contributed by atoms with Crippen LogP contribution in [-0.2, 0) is 6.54 Å². The highest BCUT2D eigenvalue weighted by molar-refractivity contribution is 5.89. The molecule has 0 radical (unpaired) electrons. The van der Waals surface area contributed by atoms with E-state index < -0.39 is 0 Å². The van der Waals surface area contributed by atoms with Gasteiger partial charge in [0.05, 0.1) is 0 Å². The molecule has 2 amide bonds. The largest absolute Gasteiger partial charge is 0.486 e. The van der Waals surface area contributed by atoms with Gasteiger partial charge in [0, 0.05) is 43.6 Å². The molecule has 2 aliphatic heterocycles. The molecule has 34 heavy (non-hydrogen) atoms. The minimum Gasteiger partial charge on any atom is -0.486 e. The van der Waals surface area contributed by atoms with Crippen LogP contribution in [0.15, 0.2) is 54.0 Å². The van der Waals surface area contributed by atoms with Crippen LogP contribution in [0.5, 0.6) is 11.5 Å². The van der Waals surface area contributed by atoms with Crippen LogP contribution in [0.4, 0.5) is 16.3 Å². The topological polar surface area (TPSA) is 111 Å². The van der Waals surface area contributed by atoms with Gasteiger partial charge in [0.15, 0.2) is 23.0 Å². The number of hydrogen-bond acceptors (Lipinski definition) is 7. The monoisotopic (exact) mass is 462 g/mol. The van der Waals surface area contributed by atoms with E-state index in [0.29, 0.717) is 79.9 Å². The molecule has 10 heteroatoms. The minimum atomic E-state index is -0.279. The van der Waals surface area contributed by atoms with E-state index in [1.54, 1.807) is 41.1 Å². The smallest absolute Gasteiger partial charge is 0.319 e. The number of nitrogens with zero attached hydrogens (tertiary/aromatic N) is 4. The van der Waals surface area contributed by atoms with Crippen LogP contribution in [-0.4, -0.2) is 52.9 Å². The average molecular weight is 463 g/mol. The Morgan fingerprint density at radius 2 is 1.97 bits per heavy atom. The maximum absolute atomic E-state index is 13.1. The van der Waals surface area contributed by atoms with Crippen molar-refractivity contribution in [2.75, 3.05) is 36.5 Å². The number of carbonyl (C=O) groups excluding carboxylic acids is 1. The Morgan fingerprint density at radius 1 is 1.18 bits per heavy atom. The van der Waals surface area contributed by atoms with E-state index in [9.17, 15) is 9.59 Å². The molecule has 1 saturated heterocycles. The number of anilines is 2. The summed E-state index contributed by atoms with van der Waals surface area (Å²) in [6.07, 6.45) is 4.72. The number of benzene rings is 1. The second kappa shape index (κ2) is 9.42. The third kappa shape index (κ3) is 4.39. The molecule has 10 nitrogen and oxygen atoms in total. The average Bonchev–Trinajstić information content (AvgIpc) is 2.86. The van der Waals surface area contributed by atoms with Crippen LogP contribution in [0.25, 0.3) is 11.2 Å². The van der Waals surface area contributed by atoms with Crippen molar-refractivity contribution in [2.45, 2.75) is 25.4 Å². The number of nitrogens with one attached hydrogen (secondary N) is 2. The standard InChI is InChI=1S/C24H26N6O4/c1-2-10-30-21-18(4-3-9-25-21)28-22(23(30)31)29-11-7-16(8-12-29)26-24(32)27-17-5-6-19-20(15-17)34-14-13-33-19/h2-6,9,15-16H,1,7-8,10-14H2,(H2,26,27,32). The van der Waals surface area contributed by atoms with Crippen LogP contribution in [0.3, 0.4) is 0 Å². The summed E-state index contributed by atoms with van der Waals surface area (Å²) >= 11 is 0. The lowest BCUT2D eigenvalue weighted by molar-refractivity contribution is 0.171. The molecule has 0 atom stereocenters. The third-order valence-corrected chi connectivity index (χ3v) is 5.93. The van der Waals surface area contributed by atoms with E-state index in [1.165, 1.54) is 0 Å². The number of piperidine rings is 1. The molecular formula is C24H26N6O4. The molecule has 3 aromatic rings. The van der Waals surface area contributed by atoms with Gasteiger partial charge in [-0.05, 0) is 37.1 Å². The second-order valence-electron chi connectivity index (χ2n) is 8.20. The number of carbonyl (C=O) groups is 1. The van der Waals surface area contributed by atoms with Crippen LogP contribution in [0.2, 0.25) is 0 Å². The molecule has 1 aromatic carbocycles. The van der Waals surface area contributed by atoms with Crippen molar-refractivity contribution in [3.63, 3.8) is 0 Å². The molecule has 2 aliphatic rings. The fourth-order valence-electron chi connectivity index (χ4n) is 4.28. The number of ether oxygens (including phenoxy) is 2. The molecule has 0 spiro atoms. The zero-order valence-electron chi connectivity index (χ0n) is 18.7. The van der Waals surface area contributed by atoms with Crippen molar-refractivity contribution in [1.82, 2.24) is 19.9 Å². The van der Waals surface area contributed by atoms with E-state index in [4.69, 9.17) is 9.47 Å². The quantitative estimate of drug-likeness (QED) is 0.561. The Morgan fingerprint density at radius 3 is 2.76 bits per heavy atom. The van der Waals surface area contributed by atoms with Gasteiger partial charge in [-0.2, -0.15) is 0 Å². The van der Waals surface area contributed by atoms with Gasteiger partial charge >= 0.3 is 6.03 Å². The van der Waals surface area contributed by atoms with Crippen molar-refractivity contribution >= 4 is 28.7 Å². The highest BCUT2D eigenvalue weighted by Crippen LogP contribution is 2.32. The fourth-order valence-corrected chi connectivity index (χ4v) is 4.28. The molecule has 0 aliphatic carbocycles. The zero-order valence-corrected chi connectivity index (χ0v) is 18.7. The summed E-state index contributed by atoms with van der Waals surface area (Å²) < 4.78 is 12.7. The first-order chi connectivity index (χ1) is 16.6. The van der Waals surface area contributed by atoms with Gasteiger partial charge in [-0.15, -0.1) is 6.58 Å². The van der Waals surface area contributed by atoms with Crippen molar-refractivity contribution in [1.29, 1.82) is 0 Å². The number of fused-ring (bicyclic) bond motifs is 2. The van der Waals surface area contributed by atoms with Gasteiger partial charge < -0.3 is 25.0 Å². The number of pyridine rings is 1. The number of allylic oxidation sites excluding steroid dienone is 1. The van der Waals surface area contributed by atoms with Crippen LogP contribution < -0.4 is 30.6 Å². The summed E-state index contributed by atoms with van der Waals surface area (Å²) in [5.74, 6) is 1.70. The highest BCUT2D eigenvalue weighted by Gasteiger charge is 2.25. The Labute approximate surface area is 196 Å². The predicted molar refractivity (Wildman–Crippen MR) is 129 cm³/mol. The first-order valence-electron chi connectivity index (χ1n) is 11.3. The Kier molecular flexibility index (Phi) is 6.03. The SMILES string of the molecule is C=CCn1c(=O)c(N2CCC(NC(=O)Nc3ccc4c(c3)OCCO4)CC2)nc2cccnc21. The summed E-state index contributed by atoms with van der Waals surface area (Å²) in [6, 6.07) is 8.69. The van der Waals surface area contributed by atoms with Crippen LogP contribution in [0, 0.1) is 0 Å². The van der Waals surface area contributed by atoms with Gasteiger partial charge in [0.1, 0.15) is 18.7 Å². The molecule has 2 N–H and O–H groups in total. The van der Waals surface area contributed by atoms with Gasteiger partial charge in [-0.25, -0.2) is 14.8 Å². The van der Waals surface area contributed by atoms with E-state index in [-0.39, 0.29) is 17.6 Å². The molecular weight excluding hydrogens is 436 g/mol.